The van der Waals surface area contributed by atoms with Gasteiger partial charge in [-0.15, -0.1) is 0 Å². The Bertz CT molecular complexity index is 941. The summed E-state index contributed by atoms with van der Waals surface area (Å²) in [6, 6.07) is 9.74. The lowest BCUT2D eigenvalue weighted by Crippen LogP contribution is -2.16. The van der Waals surface area contributed by atoms with Crippen LogP contribution < -0.4 is 5.32 Å². The molecule has 0 spiro atoms. The van der Waals surface area contributed by atoms with Crippen LogP contribution in [-0.2, 0) is 13.6 Å². The third-order valence-electron chi connectivity index (χ3n) is 3.98. The van der Waals surface area contributed by atoms with E-state index >= 15 is 0 Å². The molecular weight excluding hydrogens is 338 g/mol. The molecule has 0 bridgehead atoms. The molecule has 0 fully saturated rings. The van der Waals surface area contributed by atoms with Gasteiger partial charge >= 0.3 is 0 Å². The van der Waals surface area contributed by atoms with E-state index in [0.29, 0.717) is 28.6 Å². The first-order chi connectivity index (χ1) is 11.8. The van der Waals surface area contributed by atoms with Gasteiger partial charge in [0.25, 0.3) is 5.91 Å². The van der Waals surface area contributed by atoms with Crippen molar-refractivity contribution in [3.8, 4) is 0 Å². The number of hydrogen-bond acceptors (Lipinski definition) is 3. The third-order valence-corrected chi connectivity index (χ3v) is 4.44. The van der Waals surface area contributed by atoms with E-state index in [9.17, 15) is 4.79 Å². The van der Waals surface area contributed by atoms with E-state index in [4.69, 9.17) is 11.6 Å². The van der Waals surface area contributed by atoms with Gasteiger partial charge < -0.3 is 5.32 Å². The minimum absolute atomic E-state index is 0.281. The van der Waals surface area contributed by atoms with Gasteiger partial charge in [0.1, 0.15) is 5.69 Å². The maximum absolute atomic E-state index is 12.5. The van der Waals surface area contributed by atoms with Crippen LogP contribution in [0.3, 0.4) is 0 Å². The number of nitrogens with zero attached hydrogens (tertiary/aromatic N) is 4. The zero-order valence-corrected chi connectivity index (χ0v) is 15.4. The van der Waals surface area contributed by atoms with Crippen LogP contribution in [0.5, 0.6) is 0 Å². The zero-order chi connectivity index (χ0) is 18.1. The van der Waals surface area contributed by atoms with Gasteiger partial charge in [-0.1, -0.05) is 23.7 Å². The van der Waals surface area contributed by atoms with Crippen molar-refractivity contribution >= 4 is 23.2 Å². The quantitative estimate of drug-likeness (QED) is 0.777. The molecule has 0 radical (unpaired) electrons. The van der Waals surface area contributed by atoms with Gasteiger partial charge in [-0.3, -0.25) is 14.2 Å². The van der Waals surface area contributed by atoms with Crippen LogP contribution in [0.2, 0.25) is 5.02 Å². The lowest BCUT2D eigenvalue weighted by molar-refractivity contribution is 0.101. The smallest absolute Gasteiger partial charge is 0.275 e. The fraction of sp³-hybridized carbons (Fsp3) is 0.278. The number of benzene rings is 1. The molecule has 3 rings (SSSR count). The maximum atomic E-state index is 12.5. The Kier molecular flexibility index (Phi) is 4.63. The molecule has 1 aromatic carbocycles. The van der Waals surface area contributed by atoms with Gasteiger partial charge in [-0.2, -0.15) is 10.2 Å². The fourth-order valence-corrected chi connectivity index (χ4v) is 3.07. The molecule has 0 aliphatic rings. The molecule has 0 unspecified atom stereocenters. The number of rotatable bonds is 4. The molecule has 0 aliphatic carbocycles. The van der Waals surface area contributed by atoms with Crippen molar-refractivity contribution < 1.29 is 4.79 Å². The summed E-state index contributed by atoms with van der Waals surface area (Å²) in [4.78, 5) is 12.5. The SMILES string of the molecule is Cc1cc(C)n(Cc2cccc(NC(=O)c3c(Cl)c(C)nn3C)c2)n1. The molecule has 0 saturated heterocycles. The molecule has 130 valence electrons. The molecule has 6 nitrogen and oxygen atoms in total. The van der Waals surface area contributed by atoms with Gasteiger partial charge in [0, 0.05) is 18.4 Å². The summed E-state index contributed by atoms with van der Waals surface area (Å²) in [5.41, 5.74) is 4.83. The van der Waals surface area contributed by atoms with Crippen molar-refractivity contribution in [3.63, 3.8) is 0 Å². The molecule has 7 heteroatoms. The van der Waals surface area contributed by atoms with Crippen molar-refractivity contribution in [2.45, 2.75) is 27.3 Å². The van der Waals surface area contributed by atoms with Gasteiger partial charge in [0.2, 0.25) is 0 Å². The highest BCUT2D eigenvalue weighted by atomic mass is 35.5. The molecule has 25 heavy (non-hydrogen) atoms. The predicted octanol–water partition coefficient (Wildman–Crippen LogP) is 3.50. The molecule has 1 N–H and O–H groups in total. The van der Waals surface area contributed by atoms with E-state index < -0.39 is 0 Å². The second-order valence-electron chi connectivity index (χ2n) is 6.11. The summed E-state index contributed by atoms with van der Waals surface area (Å²) in [6.45, 7) is 6.42. The average Bonchev–Trinajstić information content (AvgIpc) is 2.97. The Balaban J connectivity index is 1.80. The molecule has 0 saturated carbocycles. The van der Waals surface area contributed by atoms with E-state index in [2.05, 4.69) is 15.5 Å². The van der Waals surface area contributed by atoms with Crippen molar-refractivity contribution in [2.75, 3.05) is 5.32 Å². The third kappa shape index (κ3) is 3.58. The second kappa shape index (κ2) is 6.72. The second-order valence-corrected chi connectivity index (χ2v) is 6.49. The van der Waals surface area contributed by atoms with E-state index in [1.54, 1.807) is 14.0 Å². The van der Waals surface area contributed by atoms with Crippen molar-refractivity contribution in [1.29, 1.82) is 0 Å². The highest BCUT2D eigenvalue weighted by Gasteiger charge is 2.18. The minimum Gasteiger partial charge on any atom is -0.321 e. The van der Waals surface area contributed by atoms with Crippen LogP contribution in [0.15, 0.2) is 30.3 Å². The summed E-state index contributed by atoms with van der Waals surface area (Å²) in [6.07, 6.45) is 0. The summed E-state index contributed by atoms with van der Waals surface area (Å²) in [5.74, 6) is -0.281. The lowest BCUT2D eigenvalue weighted by atomic mass is 10.2. The average molecular weight is 358 g/mol. The molecule has 2 heterocycles. The standard InChI is InChI=1S/C18H20ClN5O/c1-11-8-12(2)24(21-11)10-14-6-5-7-15(9-14)20-18(25)17-16(19)13(3)22-23(17)4/h5-9H,10H2,1-4H3,(H,20,25). The van der Waals surface area contributed by atoms with Gasteiger partial charge in [-0.25, -0.2) is 0 Å². The molecular formula is C18H20ClN5O. The van der Waals surface area contributed by atoms with Crippen LogP contribution in [0.4, 0.5) is 5.69 Å². The van der Waals surface area contributed by atoms with Crippen LogP contribution in [0.1, 0.15) is 33.1 Å². The van der Waals surface area contributed by atoms with Gasteiger partial charge in [-0.05, 0) is 44.5 Å². The molecule has 0 atom stereocenters. The Hall–Kier alpha value is -2.60. The first-order valence-corrected chi connectivity index (χ1v) is 8.33. The summed E-state index contributed by atoms with van der Waals surface area (Å²) < 4.78 is 3.43. The van der Waals surface area contributed by atoms with Crippen molar-refractivity contribution in [1.82, 2.24) is 19.6 Å². The van der Waals surface area contributed by atoms with E-state index in [-0.39, 0.29) is 5.91 Å². The predicted molar refractivity (Wildman–Crippen MR) is 98.2 cm³/mol. The number of anilines is 1. The number of hydrogen-bond donors (Lipinski definition) is 1. The first-order valence-electron chi connectivity index (χ1n) is 7.95. The largest absolute Gasteiger partial charge is 0.321 e. The van der Waals surface area contributed by atoms with Gasteiger partial charge in [0.15, 0.2) is 0 Å². The van der Waals surface area contributed by atoms with Crippen LogP contribution in [0, 0.1) is 20.8 Å². The van der Waals surface area contributed by atoms with E-state index in [0.717, 1.165) is 17.0 Å². The highest BCUT2D eigenvalue weighted by molar-refractivity contribution is 6.34. The number of carbonyl (C=O) groups excluding carboxylic acids is 1. The fourth-order valence-electron chi connectivity index (χ4n) is 2.82. The molecule has 2 aromatic heterocycles. The molecule has 3 aromatic rings. The number of nitrogens with one attached hydrogen (secondary N) is 1. The number of amides is 1. The number of aryl methyl sites for hydroxylation is 4. The number of halogens is 1. The molecule has 0 aliphatic heterocycles. The minimum atomic E-state index is -0.281. The first kappa shape index (κ1) is 17.2. The van der Waals surface area contributed by atoms with E-state index in [1.807, 2.05) is 48.9 Å². The normalized spacial score (nSPS) is 10.9. The zero-order valence-electron chi connectivity index (χ0n) is 14.7. The highest BCUT2D eigenvalue weighted by Crippen LogP contribution is 2.21. The van der Waals surface area contributed by atoms with Gasteiger partial charge in [0.05, 0.1) is 23.0 Å². The Morgan fingerprint density at radius 2 is 1.96 bits per heavy atom. The van der Waals surface area contributed by atoms with Crippen LogP contribution in [0.25, 0.3) is 0 Å². The van der Waals surface area contributed by atoms with Crippen LogP contribution >= 0.6 is 11.6 Å². The Morgan fingerprint density at radius 3 is 2.56 bits per heavy atom. The maximum Gasteiger partial charge on any atom is 0.275 e. The Morgan fingerprint density at radius 1 is 1.20 bits per heavy atom. The van der Waals surface area contributed by atoms with Crippen LogP contribution in [-0.4, -0.2) is 25.5 Å². The topological polar surface area (TPSA) is 64.7 Å². The molecule has 1 amide bonds. The van der Waals surface area contributed by atoms with Crippen molar-refractivity contribution in [2.24, 2.45) is 7.05 Å². The summed E-state index contributed by atoms with van der Waals surface area (Å²) in [7, 11) is 1.70. The lowest BCUT2D eigenvalue weighted by Gasteiger charge is -2.09. The number of carbonyl (C=O) groups is 1. The Labute approximate surface area is 151 Å². The number of aromatic nitrogens is 4. The summed E-state index contributed by atoms with van der Waals surface area (Å²) in [5, 5.41) is 11.9. The van der Waals surface area contributed by atoms with Crippen molar-refractivity contribution in [3.05, 3.63) is 63.7 Å². The van der Waals surface area contributed by atoms with E-state index in [1.165, 1.54) is 4.68 Å². The summed E-state index contributed by atoms with van der Waals surface area (Å²) >= 11 is 6.18. The monoisotopic (exact) mass is 357 g/mol.